The number of benzene rings is 11. The monoisotopic (exact) mass is 1160 g/mol. The maximum Gasteiger partial charge on any atom is 0.297 e. The summed E-state index contributed by atoms with van der Waals surface area (Å²) in [5, 5.41) is 1.09. The van der Waals surface area contributed by atoms with Crippen molar-refractivity contribution < 1.29 is 4.42 Å². The van der Waals surface area contributed by atoms with E-state index in [0.717, 1.165) is 112 Å². The molecule has 0 fully saturated rings. The molecule has 2 aliphatic heterocycles. The van der Waals surface area contributed by atoms with Gasteiger partial charge in [-0.15, -0.1) is 0 Å². The first-order valence-electron chi connectivity index (χ1n) is 31.7. The Balaban J connectivity index is 1.14. The largest absolute Gasteiger partial charge is 0.468 e. The number of hydrogen-bond donors (Lipinski definition) is 0. The van der Waals surface area contributed by atoms with Crippen LogP contribution in [0.25, 0.3) is 55.5 Å². The van der Waals surface area contributed by atoms with Crippen LogP contribution in [0.4, 0.5) is 51.2 Å². The average molecular weight is 1160 g/mol. The molecule has 0 atom stereocenters. The molecule has 0 saturated heterocycles. The molecular weight excluding hydrogens is 1080 g/mol. The van der Waals surface area contributed by atoms with Crippen LogP contribution in [0.2, 0.25) is 0 Å². The van der Waals surface area contributed by atoms with E-state index in [-0.39, 0.29) is 28.4 Å². The van der Waals surface area contributed by atoms with E-state index in [1.54, 1.807) is 0 Å². The summed E-state index contributed by atoms with van der Waals surface area (Å²) in [5.74, 6) is 0. The van der Waals surface area contributed by atoms with Crippen LogP contribution in [0.1, 0.15) is 105 Å². The summed E-state index contributed by atoms with van der Waals surface area (Å²) in [6.07, 6.45) is 0. The van der Waals surface area contributed by atoms with Gasteiger partial charge in [-0.05, 0) is 149 Å². The standard InChI is InChI=1S/C84H78BN3O/c1-81(2,3)60-40-43-64(44-41-60)86(71-37-25-22-34-66(71)55-28-16-13-17-29-55)65-45-46-70-74(54-65)87(72-38-26-23-35-67(72)56-30-18-14-19-31-56)75-50-59(58-48-62(83(7,8)9)52-63(49-58)84(10,11)12)51-76-78(75)85(70)80-79(69-53-61(82(4,5)6)42-47-77(69)89-80)88(76)73-39-27-24-36-68(73)57-32-20-15-21-33-57/h13-54H,1-12H3. The van der Waals surface area contributed by atoms with E-state index in [0.29, 0.717) is 0 Å². The highest BCUT2D eigenvalue weighted by atomic mass is 16.3. The zero-order chi connectivity index (χ0) is 61.7. The van der Waals surface area contributed by atoms with Gasteiger partial charge in [0.25, 0.3) is 6.71 Å². The van der Waals surface area contributed by atoms with E-state index in [1.165, 1.54) is 33.3 Å². The first-order chi connectivity index (χ1) is 42.7. The SMILES string of the molecule is CC(C)(C)c1ccc(N(c2ccc3c(c2)N(c2ccccc2-c2ccccc2)c2cc(-c4cc(C(C)(C)C)cc(C(C)(C)C)c4)cc4c2B3c2oc3ccc(C(C)(C)C)cc3c2N4c2ccccc2-c2ccccc2)c2ccccc2-c2ccccc2)cc1. The van der Waals surface area contributed by atoms with E-state index in [4.69, 9.17) is 4.42 Å². The molecular formula is C84H78BN3O. The molecule has 1 aromatic heterocycles. The third-order valence-corrected chi connectivity index (χ3v) is 18.4. The number of furan rings is 1. The topological polar surface area (TPSA) is 22.9 Å². The molecule has 438 valence electrons. The van der Waals surface area contributed by atoms with Crippen molar-refractivity contribution in [2.24, 2.45) is 0 Å². The molecule has 0 bridgehead atoms. The van der Waals surface area contributed by atoms with Gasteiger partial charge in [0, 0.05) is 50.5 Å². The van der Waals surface area contributed by atoms with Gasteiger partial charge in [0.2, 0.25) is 0 Å². The molecule has 14 rings (SSSR count). The Kier molecular flexibility index (Phi) is 13.9. The van der Waals surface area contributed by atoms with E-state index in [1.807, 2.05) is 0 Å². The molecule has 0 amide bonds. The zero-order valence-electron chi connectivity index (χ0n) is 53.6. The predicted octanol–water partition coefficient (Wildman–Crippen LogP) is 21.8. The third kappa shape index (κ3) is 10.2. The van der Waals surface area contributed by atoms with Crippen molar-refractivity contribution in [2.45, 2.75) is 105 Å². The summed E-state index contributed by atoms with van der Waals surface area (Å²) in [7, 11) is 0. The van der Waals surface area contributed by atoms with Crippen molar-refractivity contribution in [1.29, 1.82) is 0 Å². The van der Waals surface area contributed by atoms with Gasteiger partial charge in [0.05, 0.1) is 28.4 Å². The fraction of sp³-hybridized carbons (Fsp3) is 0.190. The van der Waals surface area contributed by atoms with Gasteiger partial charge in [-0.25, -0.2) is 0 Å². The molecule has 89 heavy (non-hydrogen) atoms. The van der Waals surface area contributed by atoms with Gasteiger partial charge >= 0.3 is 0 Å². The molecule has 4 nitrogen and oxygen atoms in total. The highest BCUT2D eigenvalue weighted by Crippen LogP contribution is 2.53. The molecule has 2 aliphatic rings. The van der Waals surface area contributed by atoms with Gasteiger partial charge in [0.1, 0.15) is 5.58 Å². The maximum absolute atomic E-state index is 7.67. The van der Waals surface area contributed by atoms with Crippen LogP contribution >= 0.6 is 0 Å². The van der Waals surface area contributed by atoms with Crippen LogP contribution in [-0.2, 0) is 21.7 Å². The molecule has 0 unspecified atom stereocenters. The number of nitrogens with zero attached hydrogens (tertiary/aromatic N) is 3. The number of fused-ring (bicyclic) bond motifs is 6. The molecule has 5 heteroatoms. The Morgan fingerprint density at radius 1 is 0.326 bits per heavy atom. The molecule has 0 radical (unpaired) electrons. The van der Waals surface area contributed by atoms with Crippen LogP contribution in [0, 0.1) is 0 Å². The first-order valence-corrected chi connectivity index (χ1v) is 31.7. The van der Waals surface area contributed by atoms with Gasteiger partial charge in [-0.1, -0.05) is 271 Å². The molecule has 3 heterocycles. The lowest BCUT2D eigenvalue weighted by Crippen LogP contribution is -2.61. The highest BCUT2D eigenvalue weighted by molar-refractivity contribution is 7.00. The molecule has 11 aromatic carbocycles. The second kappa shape index (κ2) is 21.6. The number of para-hydroxylation sites is 3. The summed E-state index contributed by atoms with van der Waals surface area (Å²) >= 11 is 0. The van der Waals surface area contributed by atoms with Gasteiger partial charge in [0.15, 0.2) is 0 Å². The predicted molar refractivity (Wildman–Crippen MR) is 381 cm³/mol. The number of rotatable bonds is 9. The fourth-order valence-corrected chi connectivity index (χ4v) is 13.5. The lowest BCUT2D eigenvalue weighted by molar-refractivity contribution is 0.569. The molecule has 0 saturated carbocycles. The van der Waals surface area contributed by atoms with Crippen LogP contribution < -0.4 is 31.3 Å². The molecule has 0 aliphatic carbocycles. The quantitative estimate of drug-likeness (QED) is 0.134. The Hall–Kier alpha value is -9.58. The van der Waals surface area contributed by atoms with Gasteiger partial charge < -0.3 is 19.1 Å². The van der Waals surface area contributed by atoms with Gasteiger partial charge in [-0.3, -0.25) is 0 Å². The van der Waals surface area contributed by atoms with E-state index >= 15 is 0 Å². The fourth-order valence-electron chi connectivity index (χ4n) is 13.5. The number of anilines is 9. The van der Waals surface area contributed by atoms with Crippen molar-refractivity contribution in [2.75, 3.05) is 14.7 Å². The van der Waals surface area contributed by atoms with Crippen LogP contribution in [0.3, 0.4) is 0 Å². The minimum Gasteiger partial charge on any atom is -0.468 e. The molecule has 0 N–H and O–H groups in total. The summed E-state index contributed by atoms with van der Waals surface area (Å²) < 4.78 is 7.67. The molecule has 0 spiro atoms. The lowest BCUT2D eigenvalue weighted by atomic mass is 9.35. The smallest absolute Gasteiger partial charge is 0.297 e. The maximum atomic E-state index is 7.67. The summed E-state index contributed by atoms with van der Waals surface area (Å²) in [6, 6.07) is 95.3. The Morgan fingerprint density at radius 3 is 1.33 bits per heavy atom. The minimum atomic E-state index is -0.318. The van der Waals surface area contributed by atoms with Crippen molar-refractivity contribution in [3.05, 3.63) is 277 Å². The van der Waals surface area contributed by atoms with E-state index < -0.39 is 0 Å². The lowest BCUT2D eigenvalue weighted by Gasteiger charge is -2.44. The zero-order valence-corrected chi connectivity index (χ0v) is 53.6. The average Bonchev–Trinajstić information content (AvgIpc) is 1.74. The summed E-state index contributed by atoms with van der Waals surface area (Å²) in [6.45, 7) is 27.6. The summed E-state index contributed by atoms with van der Waals surface area (Å²) in [4.78, 5) is 7.66. The van der Waals surface area contributed by atoms with E-state index in [2.05, 4.69) is 353 Å². The van der Waals surface area contributed by atoms with Crippen molar-refractivity contribution in [3.8, 4) is 44.5 Å². The van der Waals surface area contributed by atoms with Crippen molar-refractivity contribution in [1.82, 2.24) is 0 Å². The van der Waals surface area contributed by atoms with Crippen LogP contribution in [0.5, 0.6) is 0 Å². The Labute approximate surface area is 527 Å². The minimum absolute atomic E-state index is 0.0275. The van der Waals surface area contributed by atoms with Crippen LogP contribution in [0.15, 0.2) is 259 Å². The van der Waals surface area contributed by atoms with Gasteiger partial charge in [-0.2, -0.15) is 0 Å². The van der Waals surface area contributed by atoms with E-state index in [9.17, 15) is 0 Å². The molecule has 12 aromatic rings. The van der Waals surface area contributed by atoms with Crippen molar-refractivity contribution >= 4 is 85.5 Å². The Morgan fingerprint density at radius 2 is 0.775 bits per heavy atom. The normalized spacial score (nSPS) is 13.1. The highest BCUT2D eigenvalue weighted by Gasteiger charge is 2.48. The second-order valence-corrected chi connectivity index (χ2v) is 28.6. The first kappa shape index (κ1) is 57.2. The second-order valence-electron chi connectivity index (χ2n) is 28.6. The third-order valence-electron chi connectivity index (χ3n) is 18.4. The van der Waals surface area contributed by atoms with Crippen molar-refractivity contribution in [3.63, 3.8) is 0 Å². The summed E-state index contributed by atoms with van der Waals surface area (Å²) in [5.41, 5.74) is 27.8. The van der Waals surface area contributed by atoms with Crippen LogP contribution in [-0.4, -0.2) is 6.71 Å². The number of hydrogen-bond acceptors (Lipinski definition) is 4. The Bertz CT molecular complexity index is 4620.